The molecule has 0 spiro atoms. The smallest absolute Gasteiger partial charge is 0.0568 e. The molecular formula is C22H30N4. The molecule has 0 unspecified atom stereocenters. The van der Waals surface area contributed by atoms with E-state index in [2.05, 4.69) is 96.2 Å². The maximum atomic E-state index is 4.16. The standard InChI is InChI=1S/C22H30N4/c1-5-25(6-2)21-13-9-19(10-14-21)17-23-24-18-20-11-15-22(16-12-20)26(7-3)8-4/h9-18H,5-8H2,1-4H3/b23-17-,24-18-. The number of hydrogen-bond acceptors (Lipinski definition) is 4. The lowest BCUT2D eigenvalue weighted by molar-refractivity contribution is 0.866. The Bertz CT molecular complexity index is 630. The topological polar surface area (TPSA) is 31.2 Å². The van der Waals surface area contributed by atoms with Gasteiger partial charge in [-0.1, -0.05) is 24.3 Å². The lowest BCUT2D eigenvalue weighted by Gasteiger charge is -2.20. The number of benzene rings is 2. The van der Waals surface area contributed by atoms with Crippen molar-refractivity contribution in [2.24, 2.45) is 10.2 Å². The quantitative estimate of drug-likeness (QED) is 0.479. The highest BCUT2D eigenvalue weighted by Crippen LogP contribution is 2.15. The van der Waals surface area contributed by atoms with E-state index in [1.165, 1.54) is 11.4 Å². The predicted molar refractivity (Wildman–Crippen MR) is 115 cm³/mol. The van der Waals surface area contributed by atoms with Crippen LogP contribution < -0.4 is 9.80 Å². The number of hydrogen-bond donors (Lipinski definition) is 0. The largest absolute Gasteiger partial charge is 0.372 e. The Morgan fingerprint density at radius 2 is 0.885 bits per heavy atom. The molecule has 2 rings (SSSR count). The normalized spacial score (nSPS) is 11.4. The molecule has 0 atom stereocenters. The van der Waals surface area contributed by atoms with Crippen LogP contribution in [0.15, 0.2) is 58.7 Å². The molecule has 26 heavy (non-hydrogen) atoms. The third kappa shape index (κ3) is 5.45. The first-order chi connectivity index (χ1) is 12.7. The number of nitrogens with zero attached hydrogens (tertiary/aromatic N) is 4. The van der Waals surface area contributed by atoms with Gasteiger partial charge in [0, 0.05) is 37.6 Å². The van der Waals surface area contributed by atoms with Crippen LogP contribution in [0.4, 0.5) is 11.4 Å². The van der Waals surface area contributed by atoms with Crippen LogP contribution in [0, 0.1) is 0 Å². The van der Waals surface area contributed by atoms with E-state index in [0.717, 1.165) is 37.3 Å². The summed E-state index contributed by atoms with van der Waals surface area (Å²) in [7, 11) is 0. The van der Waals surface area contributed by atoms with Crippen molar-refractivity contribution < 1.29 is 0 Å². The van der Waals surface area contributed by atoms with Gasteiger partial charge in [-0.2, -0.15) is 10.2 Å². The fourth-order valence-corrected chi connectivity index (χ4v) is 2.92. The second-order valence-electron chi connectivity index (χ2n) is 6.02. The molecule has 0 heterocycles. The molecule has 0 bridgehead atoms. The fourth-order valence-electron chi connectivity index (χ4n) is 2.92. The summed E-state index contributed by atoms with van der Waals surface area (Å²) in [4.78, 5) is 4.64. The molecule has 4 heteroatoms. The Kier molecular flexibility index (Phi) is 7.87. The van der Waals surface area contributed by atoms with Gasteiger partial charge in [-0.15, -0.1) is 0 Å². The maximum absolute atomic E-state index is 4.16. The van der Waals surface area contributed by atoms with E-state index in [-0.39, 0.29) is 0 Å². The molecule has 0 aliphatic rings. The van der Waals surface area contributed by atoms with Crippen molar-refractivity contribution in [2.75, 3.05) is 36.0 Å². The van der Waals surface area contributed by atoms with Gasteiger partial charge in [0.05, 0.1) is 12.4 Å². The van der Waals surface area contributed by atoms with Crippen molar-refractivity contribution in [3.8, 4) is 0 Å². The summed E-state index contributed by atoms with van der Waals surface area (Å²) < 4.78 is 0. The van der Waals surface area contributed by atoms with Gasteiger partial charge in [-0.05, 0) is 63.1 Å². The molecule has 0 saturated carbocycles. The van der Waals surface area contributed by atoms with Crippen LogP contribution in [0.3, 0.4) is 0 Å². The molecule has 0 aliphatic carbocycles. The second kappa shape index (κ2) is 10.4. The van der Waals surface area contributed by atoms with Gasteiger partial charge in [0.25, 0.3) is 0 Å². The van der Waals surface area contributed by atoms with E-state index < -0.39 is 0 Å². The zero-order chi connectivity index (χ0) is 18.8. The first-order valence-corrected chi connectivity index (χ1v) is 9.48. The van der Waals surface area contributed by atoms with E-state index in [4.69, 9.17) is 0 Å². The van der Waals surface area contributed by atoms with Crippen LogP contribution in [0.1, 0.15) is 38.8 Å². The molecule has 0 radical (unpaired) electrons. The van der Waals surface area contributed by atoms with Gasteiger partial charge in [-0.25, -0.2) is 0 Å². The monoisotopic (exact) mass is 350 g/mol. The van der Waals surface area contributed by atoms with E-state index >= 15 is 0 Å². The lowest BCUT2D eigenvalue weighted by Crippen LogP contribution is -2.21. The summed E-state index contributed by atoms with van der Waals surface area (Å²) >= 11 is 0. The lowest BCUT2D eigenvalue weighted by atomic mass is 10.2. The summed E-state index contributed by atoms with van der Waals surface area (Å²) in [5.41, 5.74) is 4.58. The Morgan fingerprint density at radius 3 is 1.15 bits per heavy atom. The van der Waals surface area contributed by atoms with Gasteiger partial charge in [-0.3, -0.25) is 0 Å². The van der Waals surface area contributed by atoms with Crippen LogP contribution in [0.5, 0.6) is 0 Å². The van der Waals surface area contributed by atoms with Crippen LogP contribution in [0.25, 0.3) is 0 Å². The second-order valence-corrected chi connectivity index (χ2v) is 6.02. The average molecular weight is 351 g/mol. The molecule has 0 N–H and O–H groups in total. The first kappa shape index (κ1) is 19.7. The highest BCUT2D eigenvalue weighted by Gasteiger charge is 2.01. The van der Waals surface area contributed by atoms with Gasteiger partial charge >= 0.3 is 0 Å². The minimum absolute atomic E-state index is 1.02. The molecule has 0 amide bonds. The minimum atomic E-state index is 1.02. The Morgan fingerprint density at radius 1 is 0.577 bits per heavy atom. The Hall–Kier alpha value is -2.62. The predicted octanol–water partition coefficient (Wildman–Crippen LogP) is 4.83. The molecule has 0 aromatic heterocycles. The van der Waals surface area contributed by atoms with E-state index in [1.54, 1.807) is 12.4 Å². The van der Waals surface area contributed by atoms with Gasteiger partial charge < -0.3 is 9.80 Å². The van der Waals surface area contributed by atoms with Crippen molar-refractivity contribution in [2.45, 2.75) is 27.7 Å². The Balaban J connectivity index is 1.95. The van der Waals surface area contributed by atoms with Crippen molar-refractivity contribution in [1.82, 2.24) is 0 Å². The summed E-state index contributed by atoms with van der Waals surface area (Å²) in [5.74, 6) is 0. The molecule has 138 valence electrons. The molecule has 4 nitrogen and oxygen atoms in total. The van der Waals surface area contributed by atoms with E-state index in [9.17, 15) is 0 Å². The molecule has 2 aromatic rings. The van der Waals surface area contributed by atoms with Crippen molar-refractivity contribution in [3.63, 3.8) is 0 Å². The fraction of sp³-hybridized carbons (Fsp3) is 0.364. The highest BCUT2D eigenvalue weighted by atomic mass is 15.2. The van der Waals surface area contributed by atoms with Gasteiger partial charge in [0.15, 0.2) is 0 Å². The van der Waals surface area contributed by atoms with Crippen LogP contribution in [-0.2, 0) is 0 Å². The van der Waals surface area contributed by atoms with Crippen LogP contribution in [0.2, 0.25) is 0 Å². The highest BCUT2D eigenvalue weighted by molar-refractivity contribution is 5.83. The van der Waals surface area contributed by atoms with Gasteiger partial charge in [0.2, 0.25) is 0 Å². The molecule has 0 aliphatic heterocycles. The molecule has 0 saturated heterocycles. The zero-order valence-corrected chi connectivity index (χ0v) is 16.4. The zero-order valence-electron chi connectivity index (χ0n) is 16.4. The van der Waals surface area contributed by atoms with E-state index in [0.29, 0.717) is 0 Å². The SMILES string of the molecule is CCN(CC)c1ccc(/C=N\N=C/c2ccc(N(CC)CC)cc2)cc1. The molecule has 0 fully saturated rings. The minimum Gasteiger partial charge on any atom is -0.372 e. The van der Waals surface area contributed by atoms with Crippen molar-refractivity contribution in [3.05, 3.63) is 59.7 Å². The number of rotatable bonds is 9. The summed E-state index contributed by atoms with van der Waals surface area (Å²) in [6.07, 6.45) is 3.57. The first-order valence-electron chi connectivity index (χ1n) is 9.48. The summed E-state index contributed by atoms with van der Waals surface area (Å²) in [6, 6.07) is 16.8. The van der Waals surface area contributed by atoms with Crippen molar-refractivity contribution >= 4 is 23.8 Å². The van der Waals surface area contributed by atoms with Crippen LogP contribution >= 0.6 is 0 Å². The third-order valence-corrected chi connectivity index (χ3v) is 4.52. The summed E-state index contributed by atoms with van der Waals surface area (Å²) in [5, 5.41) is 8.32. The number of anilines is 2. The van der Waals surface area contributed by atoms with Crippen molar-refractivity contribution in [1.29, 1.82) is 0 Å². The molecular weight excluding hydrogens is 320 g/mol. The third-order valence-electron chi connectivity index (χ3n) is 4.52. The van der Waals surface area contributed by atoms with E-state index in [1.807, 2.05) is 0 Å². The molecule has 2 aromatic carbocycles. The van der Waals surface area contributed by atoms with Crippen LogP contribution in [-0.4, -0.2) is 38.6 Å². The average Bonchev–Trinajstić information content (AvgIpc) is 2.69. The maximum Gasteiger partial charge on any atom is 0.0568 e. The summed E-state index contributed by atoms with van der Waals surface area (Å²) in [6.45, 7) is 12.7. The Labute approximate surface area is 157 Å². The van der Waals surface area contributed by atoms with Gasteiger partial charge in [0.1, 0.15) is 0 Å².